The lowest BCUT2D eigenvalue weighted by Crippen LogP contribution is -2.44. The number of aliphatic hydroxyl groups is 1. The molecule has 6 nitrogen and oxygen atoms in total. The predicted octanol–water partition coefficient (Wildman–Crippen LogP) is 2.57. The number of pyridine rings is 2. The SMILES string of the molecule is CC[C@@]1(O)C(=O)OCc2c1cc1n(c2=O)Cc2c-1nc1cccc3c1c2CCC3. The van der Waals surface area contributed by atoms with Gasteiger partial charge in [-0.05, 0) is 48.9 Å². The van der Waals surface area contributed by atoms with Crippen molar-refractivity contribution in [1.29, 1.82) is 0 Å². The number of aromatic nitrogens is 2. The van der Waals surface area contributed by atoms with Gasteiger partial charge < -0.3 is 14.4 Å². The van der Waals surface area contributed by atoms with Crippen LogP contribution in [-0.4, -0.2) is 20.6 Å². The molecule has 0 bridgehead atoms. The molecular formula is C23H20N2O4. The Labute approximate surface area is 166 Å². The number of hydrogen-bond acceptors (Lipinski definition) is 5. The number of carbonyl (C=O) groups excluding carboxylic acids is 1. The van der Waals surface area contributed by atoms with Crippen molar-refractivity contribution in [3.8, 4) is 11.4 Å². The molecule has 6 heteroatoms. The summed E-state index contributed by atoms with van der Waals surface area (Å²) in [6, 6.07) is 8.00. The molecule has 0 radical (unpaired) electrons. The number of nitrogens with zero attached hydrogens (tertiary/aromatic N) is 2. The zero-order chi connectivity index (χ0) is 19.9. The zero-order valence-corrected chi connectivity index (χ0v) is 16.1. The normalized spacial score (nSPS) is 21.5. The van der Waals surface area contributed by atoms with Gasteiger partial charge in [0.2, 0.25) is 0 Å². The van der Waals surface area contributed by atoms with Crippen LogP contribution in [0.15, 0.2) is 29.1 Å². The number of rotatable bonds is 1. The molecule has 0 amide bonds. The number of fused-ring (bicyclic) bond motifs is 5. The second-order valence-corrected chi connectivity index (χ2v) is 8.19. The first-order valence-corrected chi connectivity index (χ1v) is 10.1. The fraction of sp³-hybridized carbons (Fsp3) is 0.348. The Morgan fingerprint density at radius 1 is 1.21 bits per heavy atom. The molecule has 3 aliphatic rings. The monoisotopic (exact) mass is 388 g/mol. The molecule has 29 heavy (non-hydrogen) atoms. The summed E-state index contributed by atoms with van der Waals surface area (Å²) in [5.41, 5.74) is 4.85. The molecule has 1 aliphatic carbocycles. The van der Waals surface area contributed by atoms with Crippen molar-refractivity contribution in [2.75, 3.05) is 0 Å². The first-order valence-electron chi connectivity index (χ1n) is 10.1. The zero-order valence-electron chi connectivity index (χ0n) is 16.1. The largest absolute Gasteiger partial charge is 0.458 e. The van der Waals surface area contributed by atoms with Gasteiger partial charge in [0.15, 0.2) is 5.60 Å². The van der Waals surface area contributed by atoms with E-state index in [2.05, 4.69) is 6.07 Å². The first kappa shape index (κ1) is 16.9. The summed E-state index contributed by atoms with van der Waals surface area (Å²) in [5, 5.41) is 12.2. The van der Waals surface area contributed by atoms with Crippen LogP contribution in [-0.2, 0) is 41.1 Å². The minimum absolute atomic E-state index is 0.0989. The van der Waals surface area contributed by atoms with Crippen LogP contribution < -0.4 is 5.56 Å². The maximum atomic E-state index is 13.3. The molecule has 0 unspecified atom stereocenters. The van der Waals surface area contributed by atoms with E-state index in [4.69, 9.17) is 9.72 Å². The molecule has 1 aromatic carbocycles. The Hall–Kier alpha value is -2.99. The Morgan fingerprint density at radius 2 is 2.07 bits per heavy atom. The maximum Gasteiger partial charge on any atom is 0.343 e. The van der Waals surface area contributed by atoms with Gasteiger partial charge >= 0.3 is 5.97 Å². The highest BCUT2D eigenvalue weighted by Crippen LogP contribution is 2.42. The van der Waals surface area contributed by atoms with E-state index < -0.39 is 11.6 Å². The number of ether oxygens (including phenoxy) is 1. The summed E-state index contributed by atoms with van der Waals surface area (Å²) < 4.78 is 6.86. The molecule has 2 aromatic heterocycles. The van der Waals surface area contributed by atoms with Crippen molar-refractivity contribution in [3.63, 3.8) is 0 Å². The molecule has 1 atom stereocenters. The summed E-state index contributed by atoms with van der Waals surface area (Å²) in [7, 11) is 0. The van der Waals surface area contributed by atoms with E-state index in [0.717, 1.165) is 36.0 Å². The van der Waals surface area contributed by atoms with Crippen molar-refractivity contribution >= 4 is 16.9 Å². The third-order valence-electron chi connectivity index (χ3n) is 6.79. The highest BCUT2D eigenvalue weighted by molar-refractivity contribution is 5.91. The van der Waals surface area contributed by atoms with Gasteiger partial charge in [0.05, 0.1) is 29.0 Å². The Bertz CT molecular complexity index is 1310. The van der Waals surface area contributed by atoms with E-state index in [1.54, 1.807) is 17.6 Å². The summed E-state index contributed by atoms with van der Waals surface area (Å²) in [4.78, 5) is 30.5. The van der Waals surface area contributed by atoms with Gasteiger partial charge in [-0.15, -0.1) is 0 Å². The maximum absolute atomic E-state index is 13.3. The van der Waals surface area contributed by atoms with E-state index >= 15 is 0 Å². The molecule has 2 aliphatic heterocycles. The lowest BCUT2D eigenvalue weighted by molar-refractivity contribution is -0.172. The van der Waals surface area contributed by atoms with Gasteiger partial charge in [-0.1, -0.05) is 19.1 Å². The summed E-state index contributed by atoms with van der Waals surface area (Å²) in [6.45, 7) is 2.09. The van der Waals surface area contributed by atoms with Crippen LogP contribution in [0.4, 0.5) is 0 Å². The van der Waals surface area contributed by atoms with E-state index in [9.17, 15) is 14.7 Å². The Balaban J connectivity index is 1.68. The third-order valence-corrected chi connectivity index (χ3v) is 6.79. The lowest BCUT2D eigenvalue weighted by atomic mass is 9.85. The second-order valence-electron chi connectivity index (χ2n) is 8.19. The number of cyclic esters (lactones) is 1. The third kappa shape index (κ3) is 2.02. The number of carbonyl (C=O) groups is 1. The fourth-order valence-corrected chi connectivity index (χ4v) is 5.24. The molecule has 0 fully saturated rings. The van der Waals surface area contributed by atoms with Gasteiger partial charge in [-0.2, -0.15) is 0 Å². The number of esters is 1. The quantitative estimate of drug-likeness (QED) is 0.507. The number of hydrogen-bond donors (Lipinski definition) is 1. The van der Waals surface area contributed by atoms with Crippen LogP contribution in [0.1, 0.15) is 47.6 Å². The van der Waals surface area contributed by atoms with Crippen molar-refractivity contribution in [1.82, 2.24) is 9.55 Å². The van der Waals surface area contributed by atoms with Crippen molar-refractivity contribution in [2.45, 2.75) is 51.4 Å². The summed E-state index contributed by atoms with van der Waals surface area (Å²) in [6.07, 6.45) is 3.26. The average Bonchev–Trinajstić information content (AvgIpc) is 3.11. The number of benzene rings is 1. The van der Waals surface area contributed by atoms with E-state index in [0.29, 0.717) is 23.4 Å². The van der Waals surface area contributed by atoms with Crippen LogP contribution >= 0.6 is 0 Å². The minimum atomic E-state index is -1.79. The van der Waals surface area contributed by atoms with Gasteiger partial charge in [0.1, 0.15) is 6.61 Å². The van der Waals surface area contributed by atoms with Crippen LogP contribution in [0.3, 0.4) is 0 Å². The van der Waals surface area contributed by atoms with Crippen LogP contribution in [0.25, 0.3) is 22.3 Å². The fourth-order valence-electron chi connectivity index (χ4n) is 5.24. The molecular weight excluding hydrogens is 368 g/mol. The van der Waals surface area contributed by atoms with Crippen molar-refractivity contribution in [3.05, 3.63) is 62.4 Å². The molecule has 0 spiro atoms. The molecule has 0 saturated heterocycles. The van der Waals surface area contributed by atoms with Gasteiger partial charge in [0.25, 0.3) is 5.56 Å². The van der Waals surface area contributed by atoms with Gasteiger partial charge in [-0.3, -0.25) is 4.79 Å². The summed E-state index contributed by atoms with van der Waals surface area (Å²) >= 11 is 0. The summed E-state index contributed by atoms with van der Waals surface area (Å²) in [5.74, 6) is -0.693. The van der Waals surface area contributed by atoms with E-state index in [1.807, 2.05) is 12.1 Å². The van der Waals surface area contributed by atoms with E-state index in [-0.39, 0.29) is 18.6 Å². The molecule has 146 valence electrons. The highest BCUT2D eigenvalue weighted by atomic mass is 16.6. The van der Waals surface area contributed by atoms with Crippen LogP contribution in [0.5, 0.6) is 0 Å². The van der Waals surface area contributed by atoms with Gasteiger partial charge in [0, 0.05) is 16.5 Å². The van der Waals surface area contributed by atoms with Crippen LogP contribution in [0.2, 0.25) is 0 Å². The average molecular weight is 388 g/mol. The minimum Gasteiger partial charge on any atom is -0.458 e. The Morgan fingerprint density at radius 3 is 2.90 bits per heavy atom. The van der Waals surface area contributed by atoms with E-state index in [1.165, 1.54) is 16.5 Å². The highest BCUT2D eigenvalue weighted by Gasteiger charge is 2.45. The molecule has 1 N–H and O–H groups in total. The molecule has 6 rings (SSSR count). The number of aryl methyl sites for hydroxylation is 2. The van der Waals surface area contributed by atoms with Crippen molar-refractivity contribution in [2.24, 2.45) is 0 Å². The standard InChI is InChI=1S/C23H20N2O4/c1-2-23(28)16-9-18-20-14(10-25(18)21(26)15(16)11-29-22(23)27)13-7-3-5-12-6-4-8-17(24-20)19(12)13/h4,6,8-9,28H,2-3,5,7,10-11H2,1H3/t23-/m0/s1. The second kappa shape index (κ2) is 5.54. The first-order chi connectivity index (χ1) is 14.0. The van der Waals surface area contributed by atoms with Gasteiger partial charge in [-0.25, -0.2) is 9.78 Å². The predicted molar refractivity (Wildman–Crippen MR) is 107 cm³/mol. The van der Waals surface area contributed by atoms with Crippen molar-refractivity contribution < 1.29 is 14.6 Å². The lowest BCUT2D eigenvalue weighted by Gasteiger charge is -2.31. The Kier molecular flexibility index (Phi) is 3.23. The molecule has 3 aromatic rings. The van der Waals surface area contributed by atoms with Crippen LogP contribution in [0, 0.1) is 0 Å². The topological polar surface area (TPSA) is 81.4 Å². The smallest absolute Gasteiger partial charge is 0.343 e. The molecule has 0 saturated carbocycles. The molecule has 4 heterocycles.